The van der Waals surface area contributed by atoms with Crippen molar-refractivity contribution < 1.29 is 38.8 Å². The number of furan rings is 1. The van der Waals surface area contributed by atoms with Crippen molar-refractivity contribution in [2.45, 2.75) is 39.5 Å². The van der Waals surface area contributed by atoms with Crippen LogP contribution in [-0.2, 0) is 37.7 Å². The second-order valence-corrected chi connectivity index (χ2v) is 7.78. The van der Waals surface area contributed by atoms with Gasteiger partial charge in [0, 0.05) is 54.7 Å². The predicted octanol–water partition coefficient (Wildman–Crippen LogP) is 6.50. The predicted molar refractivity (Wildman–Crippen MR) is 119 cm³/mol. The third kappa shape index (κ3) is 5.14. The number of ketones is 1. The molecular formula is C26H23FIrNO3-. The van der Waals surface area contributed by atoms with E-state index in [2.05, 4.69) is 23.2 Å². The monoisotopic (exact) mass is 609 g/mol. The minimum Gasteiger partial charge on any atom is -0.512 e. The molecular weight excluding hydrogens is 586 g/mol. The number of carbonyl (C=O) groups is 1. The van der Waals surface area contributed by atoms with Gasteiger partial charge in [0.25, 0.3) is 0 Å². The molecule has 0 fully saturated rings. The molecule has 2 heterocycles. The molecule has 1 radical (unpaired) electrons. The van der Waals surface area contributed by atoms with Gasteiger partial charge in [-0.05, 0) is 68.9 Å². The largest absolute Gasteiger partial charge is 0.512 e. The number of rotatable bonds is 2. The first-order valence-electron chi connectivity index (χ1n) is 10.3. The maximum absolute atomic E-state index is 13.2. The Bertz CT molecular complexity index is 1290. The molecule has 0 unspecified atom stereocenters. The number of pyridine rings is 1. The molecule has 0 bridgehead atoms. The number of nitrogens with zero attached hydrogens (tertiary/aromatic N) is 1. The number of benzene rings is 2. The standard InChI is InChI=1S/C21H15FNO.C5H8O2.Ir/c22-16-7-5-13(6-8-16)20-21-17(9-10-23-20)18-11-14-3-1-2-4-15(14)12-19(18)24-21;1-4(6)3-5(2)7;/h5,7-12H,1-4H2;3,6H,1-2H3;/q-1;;/b;4-3-;. The SMILES string of the molecule is CC(=O)/C=C(/C)O.Fc1c[c-]c(-c2nccc3c2oc2cc4c(cc23)CCCC4)cc1.[Ir]. The van der Waals surface area contributed by atoms with Crippen molar-refractivity contribution in [2.24, 2.45) is 0 Å². The van der Waals surface area contributed by atoms with Gasteiger partial charge in [-0.15, -0.1) is 29.8 Å². The smallest absolute Gasteiger partial charge is 0.155 e. The van der Waals surface area contributed by atoms with Crippen molar-refractivity contribution in [3.8, 4) is 11.3 Å². The van der Waals surface area contributed by atoms with Crippen LogP contribution in [0.2, 0.25) is 0 Å². The fourth-order valence-electron chi connectivity index (χ4n) is 3.97. The number of hydrogen-bond acceptors (Lipinski definition) is 4. The van der Waals surface area contributed by atoms with Gasteiger partial charge < -0.3 is 14.5 Å². The van der Waals surface area contributed by atoms with Gasteiger partial charge in [0.15, 0.2) is 5.78 Å². The zero-order valence-electron chi connectivity index (χ0n) is 17.9. The van der Waals surface area contributed by atoms with Crippen LogP contribution in [0.1, 0.15) is 37.8 Å². The van der Waals surface area contributed by atoms with Crippen LogP contribution in [0.25, 0.3) is 33.2 Å². The second-order valence-electron chi connectivity index (χ2n) is 7.78. The molecule has 2 aromatic carbocycles. The summed E-state index contributed by atoms with van der Waals surface area (Å²) in [6.07, 6.45) is 7.71. The fraction of sp³-hybridized carbons (Fsp3) is 0.231. The molecule has 0 aliphatic heterocycles. The van der Waals surface area contributed by atoms with E-state index in [4.69, 9.17) is 9.52 Å². The molecule has 1 aliphatic rings. The summed E-state index contributed by atoms with van der Waals surface area (Å²) >= 11 is 0. The van der Waals surface area contributed by atoms with Crippen LogP contribution < -0.4 is 0 Å². The quantitative estimate of drug-likeness (QED) is 0.160. The molecule has 4 aromatic rings. The molecule has 167 valence electrons. The normalized spacial score (nSPS) is 13.2. The Kier molecular flexibility index (Phi) is 7.60. The molecule has 32 heavy (non-hydrogen) atoms. The minimum absolute atomic E-state index is 0. The van der Waals surface area contributed by atoms with Crippen molar-refractivity contribution in [3.63, 3.8) is 0 Å². The number of fused-ring (bicyclic) bond motifs is 4. The van der Waals surface area contributed by atoms with E-state index in [-0.39, 0.29) is 37.5 Å². The van der Waals surface area contributed by atoms with Crippen LogP contribution in [0.3, 0.4) is 0 Å². The summed E-state index contributed by atoms with van der Waals surface area (Å²) in [5.41, 5.74) is 5.94. The molecule has 6 heteroatoms. The number of aliphatic hydroxyl groups excluding tert-OH is 1. The van der Waals surface area contributed by atoms with Gasteiger partial charge in [-0.3, -0.25) is 9.18 Å². The van der Waals surface area contributed by atoms with Crippen molar-refractivity contribution >= 4 is 27.7 Å². The number of hydrogen-bond donors (Lipinski definition) is 1. The van der Waals surface area contributed by atoms with E-state index >= 15 is 0 Å². The van der Waals surface area contributed by atoms with E-state index < -0.39 is 0 Å². The minimum atomic E-state index is -0.303. The van der Waals surface area contributed by atoms with Crippen LogP contribution in [0, 0.1) is 11.9 Å². The molecule has 0 spiro atoms. The molecule has 1 aliphatic carbocycles. The Morgan fingerprint density at radius 2 is 1.84 bits per heavy atom. The number of carbonyl (C=O) groups excluding carboxylic acids is 1. The van der Waals surface area contributed by atoms with Gasteiger partial charge >= 0.3 is 0 Å². The maximum atomic E-state index is 13.2. The summed E-state index contributed by atoms with van der Waals surface area (Å²) in [5, 5.41) is 10.6. The van der Waals surface area contributed by atoms with Gasteiger partial charge in [-0.2, -0.15) is 0 Å². The first-order valence-corrected chi connectivity index (χ1v) is 10.3. The summed E-state index contributed by atoms with van der Waals surface area (Å²) < 4.78 is 19.3. The number of halogens is 1. The third-order valence-electron chi connectivity index (χ3n) is 5.29. The Balaban J connectivity index is 0.000000318. The summed E-state index contributed by atoms with van der Waals surface area (Å²) in [6, 6.07) is 13.8. The van der Waals surface area contributed by atoms with Gasteiger partial charge in [0.1, 0.15) is 11.2 Å². The zero-order chi connectivity index (χ0) is 22.0. The van der Waals surface area contributed by atoms with Gasteiger partial charge in [0.05, 0.1) is 5.76 Å². The van der Waals surface area contributed by atoms with Gasteiger partial charge in [-0.1, -0.05) is 0 Å². The summed E-state index contributed by atoms with van der Waals surface area (Å²) in [6.45, 7) is 2.85. The second kappa shape index (κ2) is 10.2. The molecule has 4 nitrogen and oxygen atoms in total. The fourth-order valence-corrected chi connectivity index (χ4v) is 3.97. The van der Waals surface area contributed by atoms with Crippen LogP contribution >= 0.6 is 0 Å². The molecule has 5 rings (SSSR count). The first-order chi connectivity index (χ1) is 14.9. The summed E-state index contributed by atoms with van der Waals surface area (Å²) in [7, 11) is 0. The molecule has 0 amide bonds. The van der Waals surface area contributed by atoms with Crippen LogP contribution in [0.4, 0.5) is 4.39 Å². The third-order valence-corrected chi connectivity index (χ3v) is 5.29. The van der Waals surface area contributed by atoms with E-state index in [9.17, 15) is 9.18 Å². The molecule has 1 N–H and O–H groups in total. The Labute approximate surface area is 199 Å². The maximum Gasteiger partial charge on any atom is 0.155 e. The summed E-state index contributed by atoms with van der Waals surface area (Å²) in [4.78, 5) is 14.5. The summed E-state index contributed by atoms with van der Waals surface area (Å²) in [5.74, 6) is -0.365. The van der Waals surface area contributed by atoms with E-state index in [1.807, 2.05) is 6.07 Å². The van der Waals surface area contributed by atoms with Crippen molar-refractivity contribution in [2.75, 3.05) is 0 Å². The van der Waals surface area contributed by atoms with E-state index in [1.54, 1.807) is 12.3 Å². The topological polar surface area (TPSA) is 63.3 Å². The van der Waals surface area contributed by atoms with E-state index in [0.717, 1.165) is 40.3 Å². The average Bonchev–Trinajstić information content (AvgIpc) is 3.10. The van der Waals surface area contributed by atoms with Crippen molar-refractivity contribution in [3.05, 3.63) is 77.4 Å². The average molecular weight is 609 g/mol. The van der Waals surface area contributed by atoms with Crippen LogP contribution in [-0.4, -0.2) is 15.9 Å². The first kappa shape index (κ1) is 23.8. The number of aromatic nitrogens is 1. The Morgan fingerprint density at radius 1 is 1.12 bits per heavy atom. The number of aryl methyl sites for hydroxylation is 2. The van der Waals surface area contributed by atoms with Crippen LogP contribution in [0.15, 0.2) is 58.8 Å². The van der Waals surface area contributed by atoms with Crippen molar-refractivity contribution in [1.29, 1.82) is 0 Å². The number of aliphatic hydroxyl groups is 1. The van der Waals surface area contributed by atoms with Gasteiger partial charge in [-0.25, -0.2) is 0 Å². The molecule has 0 saturated carbocycles. The molecule has 0 atom stereocenters. The van der Waals surface area contributed by atoms with Crippen molar-refractivity contribution in [1.82, 2.24) is 4.98 Å². The van der Waals surface area contributed by atoms with Crippen LogP contribution in [0.5, 0.6) is 0 Å². The molecule has 2 aromatic heterocycles. The van der Waals surface area contributed by atoms with Gasteiger partial charge in [0.2, 0.25) is 0 Å². The number of allylic oxidation sites excluding steroid dienone is 2. The Morgan fingerprint density at radius 3 is 2.44 bits per heavy atom. The Hall–Kier alpha value is -2.82. The molecule has 0 saturated heterocycles. The zero-order valence-corrected chi connectivity index (χ0v) is 20.3. The van der Waals surface area contributed by atoms with E-state index in [1.165, 1.54) is 56.0 Å². The van der Waals surface area contributed by atoms with E-state index in [0.29, 0.717) is 5.69 Å².